The lowest BCUT2D eigenvalue weighted by Gasteiger charge is -2.40. The van der Waals surface area contributed by atoms with E-state index in [0.29, 0.717) is 0 Å². The summed E-state index contributed by atoms with van der Waals surface area (Å²) in [7, 11) is 7.65. The zero-order chi connectivity index (χ0) is 25.5. The Labute approximate surface area is 234 Å². The number of anilines is 4. The molecule has 5 aromatic carbocycles. The van der Waals surface area contributed by atoms with Crippen LogP contribution in [0.25, 0.3) is 10.8 Å². The van der Waals surface area contributed by atoms with Crippen molar-refractivity contribution >= 4 is 50.5 Å². The molecule has 38 heavy (non-hydrogen) atoms. The largest absolute Gasteiger partial charge is 0.496 e. The van der Waals surface area contributed by atoms with E-state index in [1.807, 2.05) is 0 Å². The summed E-state index contributed by atoms with van der Waals surface area (Å²) in [4.78, 5) is 4.46. The average molecular weight is 568 g/mol. The summed E-state index contributed by atoms with van der Waals surface area (Å²) in [6, 6.07) is 36.4. The molecule has 1 heterocycles. The highest BCUT2D eigenvalue weighted by Gasteiger charge is 2.38. The molecule has 192 valence electrons. The lowest BCUT2D eigenvalue weighted by molar-refractivity contribution is 0.402. The van der Waals surface area contributed by atoms with E-state index in [-0.39, 0.29) is 22.9 Å². The molecule has 0 amide bonds. The number of hydrogen-bond acceptors (Lipinski definition) is 4. The zero-order valence-electron chi connectivity index (χ0n) is 22.0. The molecule has 1 aliphatic heterocycles. The molecule has 0 saturated heterocycles. The van der Waals surface area contributed by atoms with Crippen LogP contribution >= 0.6 is 17.0 Å². The fraction of sp³-hybridized carbons (Fsp3) is 0.152. The third-order valence-electron chi connectivity index (χ3n) is 7.31. The molecular weight excluding hydrogens is 536 g/mol. The van der Waals surface area contributed by atoms with Gasteiger partial charge >= 0.3 is 0 Å². The van der Waals surface area contributed by atoms with Crippen LogP contribution in [0.15, 0.2) is 103 Å². The molecule has 0 aromatic heterocycles. The molecule has 0 saturated carbocycles. The van der Waals surface area contributed by atoms with Gasteiger partial charge in [-0.1, -0.05) is 66.7 Å². The van der Waals surface area contributed by atoms with Crippen LogP contribution in [0.4, 0.5) is 22.7 Å². The van der Waals surface area contributed by atoms with Crippen molar-refractivity contribution < 1.29 is 9.47 Å². The van der Waals surface area contributed by atoms with Gasteiger partial charge in [0.25, 0.3) is 0 Å². The number of ether oxygens (including phenoxy) is 2. The summed E-state index contributed by atoms with van der Waals surface area (Å²) in [5.41, 5.74) is 7.88. The molecule has 0 fully saturated rings. The summed E-state index contributed by atoms with van der Waals surface area (Å²) in [6.45, 7) is 0. The van der Waals surface area contributed by atoms with Gasteiger partial charge < -0.3 is 19.3 Å². The second kappa shape index (κ2) is 10.4. The van der Waals surface area contributed by atoms with Crippen LogP contribution in [0.3, 0.4) is 0 Å². The predicted octanol–water partition coefficient (Wildman–Crippen LogP) is 8.46. The zero-order valence-corrected chi connectivity index (χ0v) is 23.7. The number of fused-ring (bicyclic) bond motifs is 3. The van der Waals surface area contributed by atoms with Gasteiger partial charge in [-0.3, -0.25) is 0 Å². The van der Waals surface area contributed by atoms with Crippen molar-refractivity contribution in [2.75, 3.05) is 38.1 Å². The lowest BCUT2D eigenvalue weighted by Crippen LogP contribution is -2.24. The SMILES string of the molecule is Br.COc1cccc2c1C(c1cccc3ccccc13)c1c(OC)cc(N(C)C)cc1N2c1ccccc1. The topological polar surface area (TPSA) is 24.9 Å². The van der Waals surface area contributed by atoms with Crippen molar-refractivity contribution in [3.63, 3.8) is 0 Å². The Morgan fingerprint density at radius 2 is 1.32 bits per heavy atom. The second-order valence-corrected chi connectivity index (χ2v) is 9.54. The van der Waals surface area contributed by atoms with Crippen molar-refractivity contribution in [3.05, 3.63) is 120 Å². The Hall–Kier alpha value is -3.96. The molecule has 0 N–H and O–H groups in total. The van der Waals surface area contributed by atoms with Crippen LogP contribution in [0.1, 0.15) is 22.6 Å². The van der Waals surface area contributed by atoms with E-state index in [0.717, 1.165) is 45.4 Å². The summed E-state index contributed by atoms with van der Waals surface area (Å²) in [5, 5.41) is 2.44. The van der Waals surface area contributed by atoms with E-state index < -0.39 is 0 Å². The molecule has 1 aliphatic rings. The first-order chi connectivity index (χ1) is 18.1. The monoisotopic (exact) mass is 566 g/mol. The van der Waals surface area contributed by atoms with Gasteiger partial charge in [-0.25, -0.2) is 0 Å². The van der Waals surface area contributed by atoms with Gasteiger partial charge in [0.15, 0.2) is 0 Å². The summed E-state index contributed by atoms with van der Waals surface area (Å²) < 4.78 is 12.2. The number of para-hydroxylation sites is 1. The lowest BCUT2D eigenvalue weighted by atomic mass is 9.77. The van der Waals surface area contributed by atoms with Gasteiger partial charge in [-0.05, 0) is 46.7 Å². The Morgan fingerprint density at radius 1 is 0.658 bits per heavy atom. The summed E-state index contributed by atoms with van der Waals surface area (Å²) in [6.07, 6.45) is 0. The first-order valence-corrected chi connectivity index (χ1v) is 12.5. The number of rotatable bonds is 5. The number of benzene rings is 5. The number of halogens is 1. The van der Waals surface area contributed by atoms with E-state index in [2.05, 4.69) is 127 Å². The molecule has 0 spiro atoms. The van der Waals surface area contributed by atoms with Gasteiger partial charge in [-0.2, -0.15) is 0 Å². The van der Waals surface area contributed by atoms with E-state index in [1.165, 1.54) is 16.3 Å². The molecule has 5 aromatic rings. The van der Waals surface area contributed by atoms with Crippen LogP contribution in [0.5, 0.6) is 11.5 Å². The van der Waals surface area contributed by atoms with Crippen LogP contribution in [0, 0.1) is 0 Å². The summed E-state index contributed by atoms with van der Waals surface area (Å²) in [5.74, 6) is 1.63. The number of nitrogens with zero attached hydrogens (tertiary/aromatic N) is 2. The van der Waals surface area contributed by atoms with Gasteiger partial charge in [0, 0.05) is 48.6 Å². The fourth-order valence-corrected chi connectivity index (χ4v) is 5.64. The molecular formula is C33H31BrN2O2. The predicted molar refractivity (Wildman–Crippen MR) is 164 cm³/mol. The minimum atomic E-state index is -0.0848. The molecule has 0 bridgehead atoms. The molecule has 4 nitrogen and oxygen atoms in total. The highest BCUT2D eigenvalue weighted by atomic mass is 79.9. The maximum absolute atomic E-state index is 6.15. The van der Waals surface area contributed by atoms with Gasteiger partial charge in [0.2, 0.25) is 0 Å². The minimum Gasteiger partial charge on any atom is -0.496 e. The van der Waals surface area contributed by atoms with Crippen LogP contribution in [0.2, 0.25) is 0 Å². The molecule has 6 rings (SSSR count). The molecule has 1 unspecified atom stereocenters. The van der Waals surface area contributed by atoms with E-state index >= 15 is 0 Å². The molecule has 0 aliphatic carbocycles. The quantitative estimate of drug-likeness (QED) is 0.209. The van der Waals surface area contributed by atoms with Crippen LogP contribution < -0.4 is 19.3 Å². The highest BCUT2D eigenvalue weighted by molar-refractivity contribution is 8.93. The van der Waals surface area contributed by atoms with Crippen molar-refractivity contribution in [3.8, 4) is 11.5 Å². The van der Waals surface area contributed by atoms with Crippen LogP contribution in [-0.4, -0.2) is 28.3 Å². The summed E-state index contributed by atoms with van der Waals surface area (Å²) >= 11 is 0. The van der Waals surface area contributed by atoms with Crippen LogP contribution in [-0.2, 0) is 0 Å². The number of hydrogen-bond donors (Lipinski definition) is 0. The fourth-order valence-electron chi connectivity index (χ4n) is 5.64. The minimum absolute atomic E-state index is 0. The van der Waals surface area contributed by atoms with Crippen molar-refractivity contribution in [1.29, 1.82) is 0 Å². The average Bonchev–Trinajstić information content (AvgIpc) is 2.95. The maximum Gasteiger partial charge on any atom is 0.127 e. The second-order valence-electron chi connectivity index (χ2n) is 9.54. The van der Waals surface area contributed by atoms with E-state index in [4.69, 9.17) is 9.47 Å². The Morgan fingerprint density at radius 3 is 2.05 bits per heavy atom. The third-order valence-corrected chi connectivity index (χ3v) is 7.31. The van der Waals surface area contributed by atoms with E-state index in [9.17, 15) is 0 Å². The number of methoxy groups -OCH3 is 2. The highest BCUT2D eigenvalue weighted by Crippen LogP contribution is 2.58. The van der Waals surface area contributed by atoms with Crippen molar-refractivity contribution in [2.24, 2.45) is 0 Å². The molecule has 5 heteroatoms. The van der Waals surface area contributed by atoms with E-state index in [1.54, 1.807) is 14.2 Å². The Balaban J connectivity index is 0.00000294. The van der Waals surface area contributed by atoms with Crippen molar-refractivity contribution in [2.45, 2.75) is 5.92 Å². The smallest absolute Gasteiger partial charge is 0.127 e. The Bertz CT molecular complexity index is 1600. The molecule has 0 radical (unpaired) electrons. The first-order valence-electron chi connectivity index (χ1n) is 12.5. The Kier molecular flexibility index (Phi) is 7.04. The third kappa shape index (κ3) is 4.07. The first kappa shape index (κ1) is 25.7. The normalized spacial score (nSPS) is 13.8. The van der Waals surface area contributed by atoms with Gasteiger partial charge in [0.05, 0.1) is 25.6 Å². The van der Waals surface area contributed by atoms with Gasteiger partial charge in [-0.15, -0.1) is 17.0 Å². The van der Waals surface area contributed by atoms with Crippen molar-refractivity contribution in [1.82, 2.24) is 0 Å². The maximum atomic E-state index is 6.15. The molecule has 1 atom stereocenters. The van der Waals surface area contributed by atoms with Gasteiger partial charge in [0.1, 0.15) is 11.5 Å². The standard InChI is InChI=1S/C33H30N2O2.BrH/c1-34(2)24-20-28-33(30(21-24)37-4)31(26-17-10-13-22-12-8-9-16-25(22)26)32-27(18-11-19-29(32)36-3)35(28)23-14-6-5-7-15-23;/h5-21,31H,1-4H3;1H.